The molecular formula is C14H20BrNO2. The molecule has 0 aliphatic carbocycles. The monoisotopic (exact) mass is 313 g/mol. The van der Waals surface area contributed by atoms with Crippen molar-refractivity contribution in [3.05, 3.63) is 28.2 Å². The Hall–Kier alpha value is -0.580. The van der Waals surface area contributed by atoms with Crippen molar-refractivity contribution in [3.8, 4) is 0 Å². The Morgan fingerprint density at radius 2 is 2.28 bits per heavy atom. The van der Waals surface area contributed by atoms with Gasteiger partial charge in [0.1, 0.15) is 0 Å². The zero-order chi connectivity index (χ0) is 13.1. The first-order valence-electron chi connectivity index (χ1n) is 6.37. The van der Waals surface area contributed by atoms with E-state index in [9.17, 15) is 5.11 Å². The van der Waals surface area contributed by atoms with E-state index in [4.69, 9.17) is 4.74 Å². The first-order chi connectivity index (χ1) is 8.61. The van der Waals surface area contributed by atoms with Gasteiger partial charge < -0.3 is 14.7 Å². The lowest BCUT2D eigenvalue weighted by molar-refractivity contribution is 0.0893. The van der Waals surface area contributed by atoms with Gasteiger partial charge in [-0.25, -0.2) is 0 Å². The minimum absolute atomic E-state index is 0.321. The number of hydrogen-bond donors (Lipinski definition) is 1. The van der Waals surface area contributed by atoms with Crippen LogP contribution in [0.2, 0.25) is 0 Å². The smallest absolute Gasteiger partial charge is 0.0762 e. The molecule has 1 heterocycles. The molecule has 1 aromatic carbocycles. The van der Waals surface area contributed by atoms with Gasteiger partial charge in [0.25, 0.3) is 0 Å². The highest BCUT2D eigenvalue weighted by atomic mass is 79.9. The van der Waals surface area contributed by atoms with Crippen molar-refractivity contribution >= 4 is 21.6 Å². The Labute approximate surface area is 117 Å². The molecule has 1 aliphatic heterocycles. The van der Waals surface area contributed by atoms with Gasteiger partial charge in [-0.3, -0.25) is 0 Å². The summed E-state index contributed by atoms with van der Waals surface area (Å²) in [5.41, 5.74) is 2.12. The van der Waals surface area contributed by atoms with Crippen LogP contribution in [0.25, 0.3) is 0 Å². The maximum atomic E-state index is 9.58. The summed E-state index contributed by atoms with van der Waals surface area (Å²) >= 11 is 3.60. The molecule has 0 amide bonds. The van der Waals surface area contributed by atoms with Crippen LogP contribution in [0.1, 0.15) is 31.4 Å². The molecule has 1 aromatic rings. The summed E-state index contributed by atoms with van der Waals surface area (Å²) < 4.78 is 6.49. The van der Waals surface area contributed by atoms with E-state index < -0.39 is 6.10 Å². The zero-order valence-corrected chi connectivity index (χ0v) is 12.5. The Morgan fingerprint density at radius 1 is 1.50 bits per heavy atom. The molecule has 1 saturated heterocycles. The van der Waals surface area contributed by atoms with Crippen molar-refractivity contribution in [1.82, 2.24) is 0 Å². The molecule has 1 unspecified atom stereocenters. The molecule has 0 aromatic heterocycles. The van der Waals surface area contributed by atoms with E-state index in [0.717, 1.165) is 36.0 Å². The summed E-state index contributed by atoms with van der Waals surface area (Å²) in [5, 5.41) is 9.58. The predicted octanol–water partition coefficient (Wildman–Crippen LogP) is 3.12. The molecule has 1 N–H and O–H groups in total. The predicted molar refractivity (Wildman–Crippen MR) is 77.0 cm³/mol. The third-order valence-electron chi connectivity index (χ3n) is 3.51. The SMILES string of the molecule is COC1CCCN(c2ccc([C@@H](C)O)cc2Br)C1. The Kier molecular flexibility index (Phi) is 4.65. The van der Waals surface area contributed by atoms with Gasteiger partial charge in [0.2, 0.25) is 0 Å². The third kappa shape index (κ3) is 3.05. The van der Waals surface area contributed by atoms with Crippen molar-refractivity contribution in [3.63, 3.8) is 0 Å². The molecule has 4 heteroatoms. The van der Waals surface area contributed by atoms with Gasteiger partial charge in [-0.05, 0) is 53.4 Å². The molecular weight excluding hydrogens is 294 g/mol. The lowest BCUT2D eigenvalue weighted by Gasteiger charge is -2.34. The standard InChI is InChI=1S/C14H20BrNO2/c1-10(17)11-5-6-14(13(15)8-11)16-7-3-4-12(9-16)18-2/h5-6,8,10,12,17H,3-4,7,9H2,1-2H3/t10-,12?/m1/s1. The van der Waals surface area contributed by atoms with Crippen molar-refractivity contribution in [2.45, 2.75) is 32.0 Å². The maximum Gasteiger partial charge on any atom is 0.0762 e. The van der Waals surface area contributed by atoms with Crippen molar-refractivity contribution in [2.75, 3.05) is 25.1 Å². The molecule has 0 saturated carbocycles. The number of anilines is 1. The molecule has 100 valence electrons. The van der Waals surface area contributed by atoms with Gasteiger partial charge in [-0.2, -0.15) is 0 Å². The fourth-order valence-electron chi connectivity index (χ4n) is 2.39. The summed E-state index contributed by atoms with van der Waals surface area (Å²) in [4.78, 5) is 2.34. The number of halogens is 1. The van der Waals surface area contributed by atoms with Crippen LogP contribution in [0.4, 0.5) is 5.69 Å². The quantitative estimate of drug-likeness (QED) is 0.930. The van der Waals surface area contributed by atoms with Crippen LogP contribution in [-0.4, -0.2) is 31.4 Å². The molecule has 2 atom stereocenters. The van der Waals surface area contributed by atoms with Gasteiger partial charge in [0.05, 0.1) is 17.9 Å². The van der Waals surface area contributed by atoms with Gasteiger partial charge in [-0.1, -0.05) is 6.07 Å². The number of aliphatic hydroxyl groups is 1. The minimum Gasteiger partial charge on any atom is -0.389 e. The van der Waals surface area contributed by atoms with Crippen LogP contribution in [0.3, 0.4) is 0 Å². The minimum atomic E-state index is -0.427. The molecule has 0 spiro atoms. The fraction of sp³-hybridized carbons (Fsp3) is 0.571. The normalized spacial score (nSPS) is 22.0. The van der Waals surface area contributed by atoms with Crippen molar-refractivity contribution in [2.24, 2.45) is 0 Å². The molecule has 0 bridgehead atoms. The highest BCUT2D eigenvalue weighted by Crippen LogP contribution is 2.31. The maximum absolute atomic E-state index is 9.58. The van der Waals surface area contributed by atoms with Gasteiger partial charge in [0, 0.05) is 24.7 Å². The number of ether oxygens (including phenoxy) is 1. The second kappa shape index (κ2) is 6.04. The fourth-order valence-corrected chi connectivity index (χ4v) is 3.04. The van der Waals surface area contributed by atoms with Crippen LogP contribution in [0.5, 0.6) is 0 Å². The Morgan fingerprint density at radius 3 is 2.89 bits per heavy atom. The second-order valence-corrected chi connectivity index (χ2v) is 5.69. The van der Waals surface area contributed by atoms with Crippen LogP contribution >= 0.6 is 15.9 Å². The van der Waals surface area contributed by atoms with Crippen LogP contribution in [0, 0.1) is 0 Å². The molecule has 3 nitrogen and oxygen atoms in total. The number of nitrogens with zero attached hydrogens (tertiary/aromatic N) is 1. The van der Waals surface area contributed by atoms with Crippen LogP contribution in [-0.2, 0) is 4.74 Å². The van der Waals surface area contributed by atoms with Crippen molar-refractivity contribution < 1.29 is 9.84 Å². The zero-order valence-electron chi connectivity index (χ0n) is 10.9. The number of aliphatic hydroxyl groups excluding tert-OH is 1. The second-order valence-electron chi connectivity index (χ2n) is 4.83. The first kappa shape index (κ1) is 13.8. The van der Waals surface area contributed by atoms with E-state index in [1.54, 1.807) is 14.0 Å². The number of hydrogen-bond acceptors (Lipinski definition) is 3. The highest BCUT2D eigenvalue weighted by Gasteiger charge is 2.21. The van der Waals surface area contributed by atoms with Crippen LogP contribution < -0.4 is 4.90 Å². The first-order valence-corrected chi connectivity index (χ1v) is 7.16. The number of methoxy groups -OCH3 is 1. The van der Waals surface area contributed by atoms with E-state index in [1.807, 2.05) is 12.1 Å². The van der Waals surface area contributed by atoms with E-state index in [0.29, 0.717) is 6.10 Å². The van der Waals surface area contributed by atoms with Crippen molar-refractivity contribution in [1.29, 1.82) is 0 Å². The molecule has 2 rings (SSSR count). The lowest BCUT2D eigenvalue weighted by atomic mass is 10.1. The van der Waals surface area contributed by atoms with E-state index >= 15 is 0 Å². The van der Waals surface area contributed by atoms with E-state index in [-0.39, 0.29) is 0 Å². The third-order valence-corrected chi connectivity index (χ3v) is 4.14. The van der Waals surface area contributed by atoms with Gasteiger partial charge in [0.15, 0.2) is 0 Å². The summed E-state index contributed by atoms with van der Waals surface area (Å²) in [6, 6.07) is 6.06. The topological polar surface area (TPSA) is 32.7 Å². The molecule has 0 radical (unpaired) electrons. The largest absolute Gasteiger partial charge is 0.389 e. The summed E-state index contributed by atoms with van der Waals surface area (Å²) in [5.74, 6) is 0. The number of benzene rings is 1. The summed E-state index contributed by atoms with van der Waals surface area (Å²) in [7, 11) is 1.78. The average molecular weight is 314 g/mol. The van der Waals surface area contributed by atoms with E-state index in [1.165, 1.54) is 5.69 Å². The molecule has 1 aliphatic rings. The Bertz CT molecular complexity index is 409. The summed E-state index contributed by atoms with van der Waals surface area (Å²) in [6.07, 6.45) is 2.19. The molecule has 18 heavy (non-hydrogen) atoms. The van der Waals surface area contributed by atoms with E-state index in [2.05, 4.69) is 26.9 Å². The lowest BCUT2D eigenvalue weighted by Crippen LogP contribution is -2.39. The van der Waals surface area contributed by atoms with Crippen LogP contribution in [0.15, 0.2) is 22.7 Å². The highest BCUT2D eigenvalue weighted by molar-refractivity contribution is 9.10. The number of rotatable bonds is 3. The average Bonchev–Trinajstić information content (AvgIpc) is 2.38. The number of piperidine rings is 1. The molecule has 1 fully saturated rings. The van der Waals surface area contributed by atoms with Gasteiger partial charge >= 0.3 is 0 Å². The Balaban J connectivity index is 2.17. The summed E-state index contributed by atoms with van der Waals surface area (Å²) in [6.45, 7) is 3.78. The van der Waals surface area contributed by atoms with Gasteiger partial charge in [-0.15, -0.1) is 0 Å².